The first kappa shape index (κ1) is 17.2. The van der Waals surface area contributed by atoms with Crippen LogP contribution in [0.2, 0.25) is 0 Å². The average molecular weight is 256 g/mol. The predicted molar refractivity (Wildman–Crippen MR) is 81.2 cm³/mol. The number of aliphatic imine (C=N–C) groups is 1. The van der Waals surface area contributed by atoms with Crippen LogP contribution in [0.1, 0.15) is 41.5 Å². The smallest absolute Gasteiger partial charge is 0.191 e. The summed E-state index contributed by atoms with van der Waals surface area (Å²) in [5, 5.41) is 6.71. The molecule has 0 aliphatic carbocycles. The largest absolute Gasteiger partial charge is 0.357 e. The van der Waals surface area contributed by atoms with Gasteiger partial charge in [0.05, 0.1) is 0 Å². The minimum atomic E-state index is 0.530. The van der Waals surface area contributed by atoms with E-state index in [9.17, 15) is 0 Å². The predicted octanol–water partition coefficient (Wildman–Crippen LogP) is 1.93. The SMILES string of the molecule is CCNC(=NCC(C)C)NCC(C)N(CC)CC. The van der Waals surface area contributed by atoms with Crippen molar-refractivity contribution in [3.8, 4) is 0 Å². The van der Waals surface area contributed by atoms with Crippen molar-refractivity contribution in [1.29, 1.82) is 0 Å². The highest BCUT2D eigenvalue weighted by Gasteiger charge is 2.10. The van der Waals surface area contributed by atoms with Crippen LogP contribution in [0.5, 0.6) is 0 Å². The van der Waals surface area contributed by atoms with E-state index in [4.69, 9.17) is 0 Å². The van der Waals surface area contributed by atoms with E-state index in [1.807, 2.05) is 0 Å². The Balaban J connectivity index is 4.21. The molecule has 18 heavy (non-hydrogen) atoms. The number of rotatable bonds is 8. The normalized spacial score (nSPS) is 14.1. The summed E-state index contributed by atoms with van der Waals surface area (Å²) in [5.41, 5.74) is 0. The van der Waals surface area contributed by atoms with Crippen molar-refractivity contribution >= 4 is 5.96 Å². The Morgan fingerprint density at radius 1 is 1.06 bits per heavy atom. The average Bonchev–Trinajstić information content (AvgIpc) is 2.34. The first-order valence-electron chi connectivity index (χ1n) is 7.31. The van der Waals surface area contributed by atoms with Gasteiger partial charge in [0.15, 0.2) is 5.96 Å². The van der Waals surface area contributed by atoms with Gasteiger partial charge in [-0.2, -0.15) is 0 Å². The summed E-state index contributed by atoms with van der Waals surface area (Å²) >= 11 is 0. The van der Waals surface area contributed by atoms with Crippen LogP contribution >= 0.6 is 0 Å². The fourth-order valence-electron chi connectivity index (χ4n) is 1.84. The molecule has 0 aromatic rings. The lowest BCUT2D eigenvalue weighted by atomic mass is 10.2. The zero-order valence-electron chi connectivity index (χ0n) is 13.1. The molecule has 0 radical (unpaired) electrons. The van der Waals surface area contributed by atoms with E-state index in [0.29, 0.717) is 12.0 Å². The molecule has 108 valence electrons. The van der Waals surface area contributed by atoms with Crippen molar-refractivity contribution in [3.05, 3.63) is 0 Å². The number of hydrogen-bond acceptors (Lipinski definition) is 2. The Hall–Kier alpha value is -0.770. The van der Waals surface area contributed by atoms with Crippen molar-refractivity contribution in [2.45, 2.75) is 47.6 Å². The Labute approximate surface area is 113 Å². The fourth-order valence-corrected chi connectivity index (χ4v) is 1.84. The molecule has 0 rings (SSSR count). The third kappa shape index (κ3) is 7.54. The molecule has 4 heteroatoms. The van der Waals surface area contributed by atoms with E-state index in [1.54, 1.807) is 0 Å². The monoisotopic (exact) mass is 256 g/mol. The number of likely N-dealkylation sites (N-methyl/N-ethyl adjacent to an activating group) is 1. The second-order valence-corrected chi connectivity index (χ2v) is 5.06. The van der Waals surface area contributed by atoms with Crippen LogP contribution in [-0.4, -0.2) is 49.6 Å². The quantitative estimate of drug-likeness (QED) is 0.515. The number of nitrogens with zero attached hydrogens (tertiary/aromatic N) is 2. The standard InChI is InChI=1S/C14H32N4/c1-7-15-14(16-10-12(4)5)17-11-13(6)18(8-2)9-3/h12-13H,7-11H2,1-6H3,(H2,15,16,17). The van der Waals surface area contributed by atoms with Gasteiger partial charge in [-0.25, -0.2) is 0 Å². The van der Waals surface area contributed by atoms with Gasteiger partial charge in [0.2, 0.25) is 0 Å². The molecule has 1 atom stereocenters. The van der Waals surface area contributed by atoms with Crippen molar-refractivity contribution in [2.24, 2.45) is 10.9 Å². The summed E-state index contributed by atoms with van der Waals surface area (Å²) in [6, 6.07) is 0.530. The maximum atomic E-state index is 4.57. The van der Waals surface area contributed by atoms with Crippen LogP contribution in [-0.2, 0) is 0 Å². The molecule has 0 aromatic heterocycles. The van der Waals surface area contributed by atoms with Gasteiger partial charge in [-0.1, -0.05) is 27.7 Å². The first-order valence-corrected chi connectivity index (χ1v) is 7.31. The Morgan fingerprint density at radius 3 is 2.11 bits per heavy atom. The lowest BCUT2D eigenvalue weighted by molar-refractivity contribution is 0.231. The van der Waals surface area contributed by atoms with E-state index in [1.165, 1.54) is 0 Å². The van der Waals surface area contributed by atoms with E-state index in [2.05, 4.69) is 62.1 Å². The highest BCUT2D eigenvalue weighted by atomic mass is 15.2. The lowest BCUT2D eigenvalue weighted by Crippen LogP contribution is -2.46. The second kappa shape index (κ2) is 10.2. The highest BCUT2D eigenvalue weighted by molar-refractivity contribution is 5.79. The molecule has 1 unspecified atom stereocenters. The van der Waals surface area contributed by atoms with E-state index < -0.39 is 0 Å². The first-order chi connectivity index (χ1) is 8.54. The number of hydrogen-bond donors (Lipinski definition) is 2. The molecule has 0 saturated heterocycles. The molecular weight excluding hydrogens is 224 g/mol. The van der Waals surface area contributed by atoms with Crippen LogP contribution in [0, 0.1) is 5.92 Å². The number of nitrogens with one attached hydrogen (secondary N) is 2. The molecule has 0 spiro atoms. The summed E-state index contributed by atoms with van der Waals surface area (Å²) in [5.74, 6) is 1.53. The van der Waals surface area contributed by atoms with Crippen LogP contribution in [0.15, 0.2) is 4.99 Å². The van der Waals surface area contributed by atoms with E-state index in [0.717, 1.165) is 38.7 Å². The van der Waals surface area contributed by atoms with E-state index in [-0.39, 0.29) is 0 Å². The third-order valence-corrected chi connectivity index (χ3v) is 2.96. The van der Waals surface area contributed by atoms with Gasteiger partial charge in [0.1, 0.15) is 0 Å². The maximum absolute atomic E-state index is 4.57. The van der Waals surface area contributed by atoms with Crippen molar-refractivity contribution in [2.75, 3.05) is 32.7 Å². The summed E-state index contributed by atoms with van der Waals surface area (Å²) in [6.45, 7) is 18.0. The second-order valence-electron chi connectivity index (χ2n) is 5.06. The molecule has 0 aliphatic rings. The molecule has 0 amide bonds. The molecular formula is C14H32N4. The van der Waals surface area contributed by atoms with Crippen LogP contribution in [0.4, 0.5) is 0 Å². The maximum Gasteiger partial charge on any atom is 0.191 e. The van der Waals surface area contributed by atoms with Crippen LogP contribution < -0.4 is 10.6 Å². The van der Waals surface area contributed by atoms with Gasteiger partial charge in [-0.05, 0) is 32.9 Å². The molecule has 0 fully saturated rings. The summed E-state index contributed by atoms with van der Waals surface area (Å²) < 4.78 is 0. The van der Waals surface area contributed by atoms with Gasteiger partial charge in [0.25, 0.3) is 0 Å². The van der Waals surface area contributed by atoms with Gasteiger partial charge in [-0.3, -0.25) is 9.89 Å². The Kier molecular flexibility index (Phi) is 9.74. The Morgan fingerprint density at radius 2 is 1.67 bits per heavy atom. The van der Waals surface area contributed by atoms with E-state index >= 15 is 0 Å². The molecule has 0 saturated carbocycles. The summed E-state index contributed by atoms with van der Waals surface area (Å²) in [6.07, 6.45) is 0. The fraction of sp³-hybridized carbons (Fsp3) is 0.929. The summed E-state index contributed by atoms with van der Waals surface area (Å²) in [7, 11) is 0. The minimum Gasteiger partial charge on any atom is -0.357 e. The van der Waals surface area contributed by atoms with Crippen LogP contribution in [0.3, 0.4) is 0 Å². The summed E-state index contributed by atoms with van der Waals surface area (Å²) in [4.78, 5) is 7.02. The van der Waals surface area contributed by atoms with Crippen molar-refractivity contribution in [1.82, 2.24) is 15.5 Å². The zero-order valence-corrected chi connectivity index (χ0v) is 13.1. The van der Waals surface area contributed by atoms with Gasteiger partial charge in [-0.15, -0.1) is 0 Å². The van der Waals surface area contributed by atoms with Gasteiger partial charge in [0, 0.05) is 25.7 Å². The van der Waals surface area contributed by atoms with Gasteiger partial charge >= 0.3 is 0 Å². The Bertz CT molecular complexity index is 222. The van der Waals surface area contributed by atoms with Gasteiger partial charge < -0.3 is 10.6 Å². The molecule has 0 aromatic carbocycles. The third-order valence-electron chi connectivity index (χ3n) is 2.96. The highest BCUT2D eigenvalue weighted by Crippen LogP contribution is 1.96. The van der Waals surface area contributed by atoms with Crippen LogP contribution in [0.25, 0.3) is 0 Å². The molecule has 0 bridgehead atoms. The van der Waals surface area contributed by atoms with Crippen molar-refractivity contribution in [3.63, 3.8) is 0 Å². The minimum absolute atomic E-state index is 0.530. The van der Waals surface area contributed by atoms with Crippen molar-refractivity contribution < 1.29 is 0 Å². The number of guanidine groups is 1. The zero-order chi connectivity index (χ0) is 14.0. The molecule has 0 aliphatic heterocycles. The topological polar surface area (TPSA) is 39.7 Å². The molecule has 4 nitrogen and oxygen atoms in total. The molecule has 0 heterocycles. The lowest BCUT2D eigenvalue weighted by Gasteiger charge is -2.27. The molecule has 2 N–H and O–H groups in total.